The standard InChI is InChI=1S/C31H37ClN2O3/c1-4-24(3)33-31(36)29(21-25-11-6-5-7-12-25)34(22-26-13-8-9-14-28(26)32)30(35)15-10-20-37-27-18-16-23(2)17-19-27/h5-9,11-14,16-19,24,29H,4,10,15,20-22H2,1-3H3,(H,33,36)/t24-,29+/m1/s1. The van der Waals surface area contributed by atoms with E-state index >= 15 is 0 Å². The van der Waals surface area contributed by atoms with E-state index in [1.807, 2.05) is 93.6 Å². The topological polar surface area (TPSA) is 58.6 Å². The summed E-state index contributed by atoms with van der Waals surface area (Å²) in [4.78, 5) is 28.8. The second-order valence-corrected chi connectivity index (χ2v) is 9.81. The number of aryl methyl sites for hydroxylation is 1. The summed E-state index contributed by atoms with van der Waals surface area (Å²) in [7, 11) is 0. The normalized spacial score (nSPS) is 12.4. The molecule has 0 aromatic heterocycles. The second-order valence-electron chi connectivity index (χ2n) is 9.40. The van der Waals surface area contributed by atoms with Gasteiger partial charge >= 0.3 is 0 Å². The predicted octanol–water partition coefficient (Wildman–Crippen LogP) is 6.36. The Kier molecular flexibility index (Phi) is 11.0. The van der Waals surface area contributed by atoms with Crippen LogP contribution in [0.25, 0.3) is 0 Å². The number of hydrogen-bond acceptors (Lipinski definition) is 3. The highest BCUT2D eigenvalue weighted by atomic mass is 35.5. The smallest absolute Gasteiger partial charge is 0.243 e. The molecule has 0 radical (unpaired) electrons. The third-order valence-corrected chi connectivity index (χ3v) is 6.76. The van der Waals surface area contributed by atoms with E-state index < -0.39 is 6.04 Å². The van der Waals surface area contributed by atoms with Crippen molar-refractivity contribution < 1.29 is 14.3 Å². The Bertz CT molecular complexity index is 1130. The summed E-state index contributed by atoms with van der Waals surface area (Å²) >= 11 is 6.47. The Morgan fingerprint density at radius 1 is 0.973 bits per heavy atom. The summed E-state index contributed by atoms with van der Waals surface area (Å²) in [5.74, 6) is 0.517. The van der Waals surface area contributed by atoms with Crippen LogP contribution >= 0.6 is 11.6 Å². The number of benzene rings is 3. The van der Waals surface area contributed by atoms with E-state index in [1.54, 1.807) is 11.0 Å². The lowest BCUT2D eigenvalue weighted by Crippen LogP contribution is -2.52. The Morgan fingerprint density at radius 3 is 2.32 bits per heavy atom. The van der Waals surface area contributed by atoms with Gasteiger partial charge in [-0.3, -0.25) is 9.59 Å². The van der Waals surface area contributed by atoms with Gasteiger partial charge in [-0.2, -0.15) is 0 Å². The van der Waals surface area contributed by atoms with Crippen LogP contribution in [0.1, 0.15) is 49.8 Å². The summed E-state index contributed by atoms with van der Waals surface area (Å²) in [6.45, 7) is 6.69. The molecule has 2 amide bonds. The van der Waals surface area contributed by atoms with Crippen molar-refractivity contribution in [2.75, 3.05) is 6.61 Å². The van der Waals surface area contributed by atoms with Gasteiger partial charge in [0.05, 0.1) is 6.61 Å². The zero-order valence-electron chi connectivity index (χ0n) is 22.0. The van der Waals surface area contributed by atoms with Crippen LogP contribution in [-0.2, 0) is 22.6 Å². The van der Waals surface area contributed by atoms with Crippen LogP contribution in [0, 0.1) is 6.92 Å². The van der Waals surface area contributed by atoms with Crippen molar-refractivity contribution in [1.82, 2.24) is 10.2 Å². The third-order valence-electron chi connectivity index (χ3n) is 6.40. The Balaban J connectivity index is 1.80. The number of ether oxygens (including phenoxy) is 1. The van der Waals surface area contributed by atoms with Gasteiger partial charge in [0.25, 0.3) is 0 Å². The molecule has 0 saturated carbocycles. The average Bonchev–Trinajstić information content (AvgIpc) is 2.91. The molecule has 0 bridgehead atoms. The molecule has 0 spiro atoms. The van der Waals surface area contributed by atoms with Crippen LogP contribution in [-0.4, -0.2) is 35.4 Å². The number of rotatable bonds is 13. The monoisotopic (exact) mass is 520 g/mol. The minimum absolute atomic E-state index is 0.00551. The molecule has 0 aliphatic carbocycles. The number of amides is 2. The first-order chi connectivity index (χ1) is 17.9. The van der Waals surface area contributed by atoms with Crippen LogP contribution in [0.5, 0.6) is 5.75 Å². The number of nitrogens with one attached hydrogen (secondary N) is 1. The van der Waals surface area contributed by atoms with E-state index in [1.165, 1.54) is 0 Å². The quantitative estimate of drug-likeness (QED) is 0.267. The van der Waals surface area contributed by atoms with Crippen molar-refractivity contribution in [2.45, 2.75) is 65.1 Å². The number of carbonyl (C=O) groups is 2. The van der Waals surface area contributed by atoms with E-state index in [4.69, 9.17) is 16.3 Å². The Hall–Kier alpha value is -3.31. The number of halogens is 1. The zero-order chi connectivity index (χ0) is 26.6. The van der Waals surface area contributed by atoms with Gasteiger partial charge in [0, 0.05) is 30.5 Å². The summed E-state index contributed by atoms with van der Waals surface area (Å²) in [5, 5.41) is 3.66. The summed E-state index contributed by atoms with van der Waals surface area (Å²) in [5.41, 5.74) is 2.96. The van der Waals surface area contributed by atoms with Crippen molar-refractivity contribution in [1.29, 1.82) is 0 Å². The molecule has 0 fully saturated rings. The fourth-order valence-electron chi connectivity index (χ4n) is 4.00. The highest BCUT2D eigenvalue weighted by Crippen LogP contribution is 2.22. The van der Waals surface area contributed by atoms with E-state index in [2.05, 4.69) is 5.32 Å². The van der Waals surface area contributed by atoms with Crippen molar-refractivity contribution in [3.63, 3.8) is 0 Å². The van der Waals surface area contributed by atoms with E-state index in [9.17, 15) is 9.59 Å². The van der Waals surface area contributed by atoms with E-state index in [0.717, 1.165) is 28.9 Å². The van der Waals surface area contributed by atoms with Gasteiger partial charge in [-0.1, -0.05) is 84.8 Å². The van der Waals surface area contributed by atoms with Crippen molar-refractivity contribution >= 4 is 23.4 Å². The number of nitrogens with zero attached hydrogens (tertiary/aromatic N) is 1. The molecule has 0 aliphatic heterocycles. The van der Waals surface area contributed by atoms with Gasteiger partial charge in [0.1, 0.15) is 11.8 Å². The average molecular weight is 521 g/mol. The minimum Gasteiger partial charge on any atom is -0.494 e. The second kappa shape index (κ2) is 14.4. The van der Waals surface area contributed by atoms with Crippen LogP contribution in [0.4, 0.5) is 0 Å². The molecule has 37 heavy (non-hydrogen) atoms. The van der Waals surface area contributed by atoms with Gasteiger partial charge in [-0.25, -0.2) is 0 Å². The molecule has 0 aliphatic rings. The minimum atomic E-state index is -0.668. The maximum Gasteiger partial charge on any atom is 0.243 e. The third kappa shape index (κ3) is 8.94. The largest absolute Gasteiger partial charge is 0.494 e. The van der Waals surface area contributed by atoms with Crippen molar-refractivity contribution in [3.05, 3.63) is 101 Å². The summed E-state index contributed by atoms with van der Waals surface area (Å²) in [6.07, 6.45) is 2.02. The molecule has 1 N–H and O–H groups in total. The van der Waals surface area contributed by atoms with Gasteiger partial charge in [0.2, 0.25) is 11.8 Å². The fraction of sp³-hybridized carbons (Fsp3) is 0.355. The van der Waals surface area contributed by atoms with Crippen LogP contribution < -0.4 is 10.1 Å². The SMILES string of the molecule is CC[C@@H](C)NC(=O)[C@H](Cc1ccccc1)N(Cc1ccccc1Cl)C(=O)CCCOc1ccc(C)cc1. The summed E-state index contributed by atoms with van der Waals surface area (Å²) in [6, 6.07) is 24.4. The zero-order valence-corrected chi connectivity index (χ0v) is 22.7. The van der Waals surface area contributed by atoms with Crippen LogP contribution in [0.15, 0.2) is 78.9 Å². The van der Waals surface area contributed by atoms with Gasteiger partial charge < -0.3 is 15.0 Å². The molecule has 3 rings (SSSR count). The molecule has 5 nitrogen and oxygen atoms in total. The lowest BCUT2D eigenvalue weighted by atomic mass is 10.0. The molecule has 196 valence electrons. The number of hydrogen-bond donors (Lipinski definition) is 1. The predicted molar refractivity (Wildman–Crippen MR) is 150 cm³/mol. The van der Waals surface area contributed by atoms with Gasteiger partial charge in [-0.05, 0) is 56.0 Å². The maximum atomic E-state index is 13.7. The van der Waals surface area contributed by atoms with E-state index in [0.29, 0.717) is 24.5 Å². The van der Waals surface area contributed by atoms with Gasteiger partial charge in [0.15, 0.2) is 0 Å². The lowest BCUT2D eigenvalue weighted by molar-refractivity contribution is -0.141. The Morgan fingerprint density at radius 2 is 1.65 bits per heavy atom. The molecule has 0 unspecified atom stereocenters. The maximum absolute atomic E-state index is 13.7. The van der Waals surface area contributed by atoms with E-state index in [-0.39, 0.29) is 30.8 Å². The van der Waals surface area contributed by atoms with Crippen LogP contribution in [0.2, 0.25) is 5.02 Å². The lowest BCUT2D eigenvalue weighted by Gasteiger charge is -2.32. The first-order valence-electron chi connectivity index (χ1n) is 12.9. The molecule has 0 saturated heterocycles. The van der Waals surface area contributed by atoms with Gasteiger partial charge in [-0.15, -0.1) is 0 Å². The molecule has 2 atom stereocenters. The fourth-order valence-corrected chi connectivity index (χ4v) is 4.19. The Labute approximate surface area is 225 Å². The first-order valence-corrected chi connectivity index (χ1v) is 13.3. The highest BCUT2D eigenvalue weighted by Gasteiger charge is 2.31. The van der Waals surface area contributed by atoms with Crippen molar-refractivity contribution in [3.8, 4) is 5.75 Å². The molecule has 3 aromatic rings. The molecule has 6 heteroatoms. The molecular formula is C31H37ClN2O3. The van der Waals surface area contributed by atoms with Crippen LogP contribution in [0.3, 0.4) is 0 Å². The first kappa shape index (κ1) is 28.3. The summed E-state index contributed by atoms with van der Waals surface area (Å²) < 4.78 is 5.83. The highest BCUT2D eigenvalue weighted by molar-refractivity contribution is 6.31. The molecular weight excluding hydrogens is 484 g/mol. The van der Waals surface area contributed by atoms with Crippen molar-refractivity contribution in [2.24, 2.45) is 0 Å². The number of carbonyl (C=O) groups excluding carboxylic acids is 2. The molecule has 3 aromatic carbocycles. The molecule has 0 heterocycles.